The van der Waals surface area contributed by atoms with Crippen LogP contribution in [-0.4, -0.2) is 24.4 Å². The van der Waals surface area contributed by atoms with Crippen LogP contribution in [0.5, 0.6) is 0 Å². The summed E-state index contributed by atoms with van der Waals surface area (Å²) in [6.07, 6.45) is 3.12. The van der Waals surface area contributed by atoms with Gasteiger partial charge < -0.3 is 10.1 Å². The molecule has 1 amide bonds. The molecule has 1 aromatic carbocycles. The fraction of sp³-hybridized carbons (Fsp3) is 0.412. The third-order valence-corrected chi connectivity index (χ3v) is 6.13. The predicted octanol–water partition coefficient (Wildman–Crippen LogP) is 2.32. The van der Waals surface area contributed by atoms with Crippen molar-refractivity contribution in [3.63, 3.8) is 0 Å². The van der Waals surface area contributed by atoms with Gasteiger partial charge in [0.1, 0.15) is 6.17 Å². The first-order valence-electron chi connectivity index (χ1n) is 7.80. The van der Waals surface area contributed by atoms with Gasteiger partial charge in [-0.2, -0.15) is 0 Å². The molecule has 1 aromatic rings. The summed E-state index contributed by atoms with van der Waals surface area (Å²) in [7, 11) is 1.36. The summed E-state index contributed by atoms with van der Waals surface area (Å²) in [6, 6.07) is 7.15. The summed E-state index contributed by atoms with van der Waals surface area (Å²) in [5, 5.41) is 6.72. The molecule has 0 spiro atoms. The zero-order valence-electron chi connectivity index (χ0n) is 12.8. The zero-order chi connectivity index (χ0) is 16.0. The summed E-state index contributed by atoms with van der Waals surface area (Å²) in [5.41, 5.74) is 2.79. The Balaban J connectivity index is 1.52. The molecule has 1 aliphatic carbocycles. The molecule has 120 valence electrons. The molecule has 0 saturated carbocycles. The highest BCUT2D eigenvalue weighted by Gasteiger charge is 2.46. The maximum atomic E-state index is 12.6. The second-order valence-electron chi connectivity index (χ2n) is 6.04. The lowest BCUT2D eigenvalue weighted by Gasteiger charge is -2.35. The van der Waals surface area contributed by atoms with Crippen LogP contribution in [0.2, 0.25) is 0 Å². The van der Waals surface area contributed by atoms with Gasteiger partial charge in [0, 0.05) is 0 Å². The smallest absolute Gasteiger partial charge is 0.337 e. The minimum atomic E-state index is -0.357. The molecular weight excluding hydrogens is 312 g/mol. The maximum Gasteiger partial charge on any atom is 0.337 e. The molecule has 0 aromatic heterocycles. The Morgan fingerprint density at radius 2 is 2.04 bits per heavy atom. The quantitative estimate of drug-likeness (QED) is 0.815. The molecule has 3 atom stereocenters. The molecule has 1 saturated heterocycles. The van der Waals surface area contributed by atoms with Crippen molar-refractivity contribution in [1.29, 1.82) is 0 Å². The zero-order valence-corrected chi connectivity index (χ0v) is 13.6. The van der Waals surface area contributed by atoms with Crippen molar-refractivity contribution in [1.82, 2.24) is 10.6 Å². The Hall–Kier alpha value is -1.79. The van der Waals surface area contributed by atoms with E-state index in [1.165, 1.54) is 24.0 Å². The van der Waals surface area contributed by atoms with Gasteiger partial charge in [-0.05, 0) is 47.4 Å². The van der Waals surface area contributed by atoms with Crippen LogP contribution in [0, 0.1) is 5.92 Å². The molecule has 5 nitrogen and oxygen atoms in total. The number of methoxy groups -OCH3 is 1. The summed E-state index contributed by atoms with van der Waals surface area (Å²) >= 11 is 1.81. The third-order valence-electron chi connectivity index (χ3n) is 4.72. The fourth-order valence-corrected chi connectivity index (χ4v) is 5.16. The highest BCUT2D eigenvalue weighted by atomic mass is 32.2. The maximum absolute atomic E-state index is 12.6. The number of allylic oxidation sites excluding steroid dienone is 1. The largest absolute Gasteiger partial charge is 0.465 e. The molecule has 4 rings (SSSR count). The molecule has 0 bridgehead atoms. The molecule has 2 heterocycles. The van der Waals surface area contributed by atoms with Crippen molar-refractivity contribution in [3.8, 4) is 0 Å². The van der Waals surface area contributed by atoms with Gasteiger partial charge in [0.15, 0.2) is 0 Å². The van der Waals surface area contributed by atoms with Crippen molar-refractivity contribution >= 4 is 23.6 Å². The number of ether oxygens (including phenoxy) is 1. The predicted molar refractivity (Wildman–Crippen MR) is 87.5 cm³/mol. The van der Waals surface area contributed by atoms with E-state index in [1.54, 1.807) is 12.1 Å². The first-order chi connectivity index (χ1) is 11.2. The van der Waals surface area contributed by atoms with Gasteiger partial charge in [-0.3, -0.25) is 10.1 Å². The van der Waals surface area contributed by atoms with Crippen molar-refractivity contribution in [2.45, 2.75) is 30.8 Å². The summed E-state index contributed by atoms with van der Waals surface area (Å²) in [6.45, 7) is 0. The van der Waals surface area contributed by atoms with Crippen LogP contribution >= 0.6 is 11.8 Å². The molecule has 0 radical (unpaired) electrons. The molecule has 2 aliphatic heterocycles. The van der Waals surface area contributed by atoms with E-state index in [0.29, 0.717) is 5.56 Å². The minimum Gasteiger partial charge on any atom is -0.465 e. The number of fused-ring (bicyclic) bond motifs is 2. The Bertz CT molecular complexity index is 698. The average molecular weight is 330 g/mol. The molecular formula is C17H18N2O3S. The van der Waals surface area contributed by atoms with Crippen molar-refractivity contribution in [2.75, 3.05) is 7.11 Å². The lowest BCUT2D eigenvalue weighted by atomic mass is 9.94. The molecule has 2 N–H and O–H groups in total. The van der Waals surface area contributed by atoms with E-state index in [-0.39, 0.29) is 29.3 Å². The Labute approximate surface area is 138 Å². The lowest BCUT2D eigenvalue weighted by molar-refractivity contribution is -0.127. The number of thioether (sulfide) groups is 1. The number of esters is 1. The van der Waals surface area contributed by atoms with Crippen LogP contribution in [0.25, 0.3) is 0 Å². The van der Waals surface area contributed by atoms with E-state index >= 15 is 0 Å². The topological polar surface area (TPSA) is 67.4 Å². The molecule has 3 unspecified atom stereocenters. The molecule has 6 heteroatoms. The van der Waals surface area contributed by atoms with E-state index in [1.807, 2.05) is 23.9 Å². The number of hydrogen-bond donors (Lipinski definition) is 2. The summed E-state index contributed by atoms with van der Waals surface area (Å²) < 4.78 is 4.70. The summed E-state index contributed by atoms with van der Waals surface area (Å²) in [5.74, 6) is -0.275. The van der Waals surface area contributed by atoms with Crippen LogP contribution in [0.15, 0.2) is 34.7 Å². The van der Waals surface area contributed by atoms with Crippen molar-refractivity contribution in [2.24, 2.45) is 5.92 Å². The van der Waals surface area contributed by atoms with Gasteiger partial charge in [0.05, 0.1) is 24.0 Å². The average Bonchev–Trinajstić information content (AvgIpc) is 3.14. The Morgan fingerprint density at radius 1 is 1.26 bits per heavy atom. The number of carbonyl (C=O) groups is 2. The summed E-state index contributed by atoms with van der Waals surface area (Å²) in [4.78, 5) is 25.5. The normalized spacial score (nSPS) is 29.1. The first-order valence-corrected chi connectivity index (χ1v) is 8.68. The highest BCUT2D eigenvalue weighted by molar-refractivity contribution is 8.04. The number of rotatable bonds is 2. The fourth-order valence-electron chi connectivity index (χ4n) is 3.58. The van der Waals surface area contributed by atoms with Crippen LogP contribution in [0.1, 0.15) is 41.3 Å². The van der Waals surface area contributed by atoms with Crippen LogP contribution < -0.4 is 10.6 Å². The van der Waals surface area contributed by atoms with E-state index in [2.05, 4.69) is 10.6 Å². The number of benzene rings is 1. The SMILES string of the molecule is COC(=O)c1ccc(C2NC(=O)C3C4=C(CCC4)SC3N2)cc1. The Kier molecular flexibility index (Phi) is 3.66. The Morgan fingerprint density at radius 3 is 2.78 bits per heavy atom. The second kappa shape index (κ2) is 5.69. The monoisotopic (exact) mass is 330 g/mol. The van der Waals surface area contributed by atoms with Gasteiger partial charge in [-0.25, -0.2) is 4.79 Å². The molecule has 1 fully saturated rings. The van der Waals surface area contributed by atoms with Gasteiger partial charge in [-0.1, -0.05) is 12.1 Å². The number of hydrogen-bond acceptors (Lipinski definition) is 5. The van der Waals surface area contributed by atoms with Crippen LogP contribution in [0.4, 0.5) is 0 Å². The first kappa shape index (κ1) is 14.8. The van der Waals surface area contributed by atoms with Crippen LogP contribution in [-0.2, 0) is 9.53 Å². The van der Waals surface area contributed by atoms with Crippen molar-refractivity contribution < 1.29 is 14.3 Å². The minimum absolute atomic E-state index is 0.0249. The third kappa shape index (κ3) is 2.46. The van der Waals surface area contributed by atoms with Crippen LogP contribution in [0.3, 0.4) is 0 Å². The highest BCUT2D eigenvalue weighted by Crippen LogP contribution is 2.50. The van der Waals surface area contributed by atoms with E-state index in [9.17, 15) is 9.59 Å². The second-order valence-corrected chi connectivity index (χ2v) is 7.28. The van der Waals surface area contributed by atoms with E-state index in [0.717, 1.165) is 18.4 Å². The van der Waals surface area contributed by atoms with Gasteiger partial charge >= 0.3 is 5.97 Å². The van der Waals surface area contributed by atoms with E-state index in [4.69, 9.17) is 4.74 Å². The molecule has 23 heavy (non-hydrogen) atoms. The van der Waals surface area contributed by atoms with Crippen molar-refractivity contribution in [3.05, 3.63) is 45.9 Å². The van der Waals surface area contributed by atoms with Gasteiger partial charge in [0.2, 0.25) is 5.91 Å². The number of amides is 1. The van der Waals surface area contributed by atoms with Gasteiger partial charge in [-0.15, -0.1) is 11.8 Å². The van der Waals surface area contributed by atoms with Gasteiger partial charge in [0.25, 0.3) is 0 Å². The van der Waals surface area contributed by atoms with E-state index < -0.39 is 0 Å². The standard InChI is InChI=1S/C17H18N2O3S/c1-22-17(21)10-7-5-9(6-8-10)14-18-15(20)13-11-3-2-4-12(11)23-16(13)19-14/h5-8,13-14,16,19H,2-4H2,1H3,(H,18,20). The number of nitrogens with one attached hydrogen (secondary N) is 2. The molecule has 3 aliphatic rings. The lowest BCUT2D eigenvalue weighted by Crippen LogP contribution is -2.54. The number of carbonyl (C=O) groups excluding carboxylic acids is 2.